The number of nitrogens with one attached hydrogen (secondary N) is 1. The molecule has 0 amide bonds. The molecule has 0 aliphatic carbocycles. The van der Waals surface area contributed by atoms with Crippen LogP contribution < -0.4 is 5.32 Å². The van der Waals surface area contributed by atoms with Crippen LogP contribution in [0.4, 0.5) is 0 Å². The van der Waals surface area contributed by atoms with E-state index in [0.717, 1.165) is 18.1 Å². The van der Waals surface area contributed by atoms with Crippen LogP contribution in [0.1, 0.15) is 56.4 Å². The van der Waals surface area contributed by atoms with Gasteiger partial charge in [-0.2, -0.15) is 0 Å². The van der Waals surface area contributed by atoms with Gasteiger partial charge in [-0.25, -0.2) is 0 Å². The van der Waals surface area contributed by atoms with E-state index >= 15 is 0 Å². The monoisotopic (exact) mass is 359 g/mol. The summed E-state index contributed by atoms with van der Waals surface area (Å²) in [5, 5.41) is 3.75. The average Bonchev–Trinajstić information content (AvgIpc) is 2.97. The first kappa shape index (κ1) is 20.0. The van der Waals surface area contributed by atoms with Crippen molar-refractivity contribution in [3.8, 4) is 0 Å². The van der Waals surface area contributed by atoms with Gasteiger partial charge < -0.3 is 14.2 Å². The molecule has 1 N–H and O–H groups in total. The van der Waals surface area contributed by atoms with Crippen molar-refractivity contribution in [3.63, 3.8) is 0 Å². The molecular formula is C21H33NO2Si. The van der Waals surface area contributed by atoms with Crippen LogP contribution in [0.25, 0.3) is 0 Å². The van der Waals surface area contributed by atoms with Gasteiger partial charge in [0.2, 0.25) is 0 Å². The molecule has 138 valence electrons. The summed E-state index contributed by atoms with van der Waals surface area (Å²) < 4.78 is 12.0. The van der Waals surface area contributed by atoms with Crippen molar-refractivity contribution in [1.29, 1.82) is 0 Å². The molecule has 0 spiro atoms. The van der Waals surface area contributed by atoms with Gasteiger partial charge in [-0.15, -0.1) is 0 Å². The molecular weight excluding hydrogens is 326 g/mol. The summed E-state index contributed by atoms with van der Waals surface area (Å²) in [6.07, 6.45) is 0. The highest BCUT2D eigenvalue weighted by atomic mass is 28.4. The largest absolute Gasteiger partial charge is 0.465 e. The summed E-state index contributed by atoms with van der Waals surface area (Å²) >= 11 is 0. The van der Waals surface area contributed by atoms with E-state index in [2.05, 4.69) is 70.4 Å². The SMILES string of the molecule is Cc1ccc([C@@H](C)NCc2ccc(CO[Si](C)(C)C(C)(C)C)cc2)o1. The number of rotatable bonds is 7. The second-order valence-corrected chi connectivity index (χ2v) is 13.2. The van der Waals surface area contributed by atoms with Gasteiger partial charge in [-0.05, 0) is 55.2 Å². The Morgan fingerprint density at radius 2 is 1.64 bits per heavy atom. The molecule has 0 radical (unpaired) electrons. The quantitative estimate of drug-likeness (QED) is 0.619. The van der Waals surface area contributed by atoms with E-state index in [9.17, 15) is 0 Å². The molecule has 0 unspecified atom stereocenters. The fourth-order valence-electron chi connectivity index (χ4n) is 2.29. The zero-order valence-corrected chi connectivity index (χ0v) is 17.8. The maximum atomic E-state index is 6.29. The molecule has 2 rings (SSSR count). The minimum atomic E-state index is -1.69. The molecule has 1 heterocycles. The minimum Gasteiger partial charge on any atom is -0.465 e. The molecule has 0 saturated carbocycles. The molecule has 4 heteroatoms. The summed E-state index contributed by atoms with van der Waals surface area (Å²) in [5.41, 5.74) is 2.51. The van der Waals surface area contributed by atoms with E-state index in [1.807, 2.05) is 19.1 Å². The minimum absolute atomic E-state index is 0.204. The highest BCUT2D eigenvalue weighted by Gasteiger charge is 2.36. The van der Waals surface area contributed by atoms with Crippen LogP contribution in [0.3, 0.4) is 0 Å². The normalized spacial score (nSPS) is 13.9. The smallest absolute Gasteiger partial charge is 0.192 e. The third-order valence-corrected chi connectivity index (χ3v) is 9.71. The molecule has 3 nitrogen and oxygen atoms in total. The van der Waals surface area contributed by atoms with Crippen LogP contribution in [-0.4, -0.2) is 8.32 Å². The maximum absolute atomic E-state index is 6.29. The van der Waals surface area contributed by atoms with E-state index in [4.69, 9.17) is 8.84 Å². The first-order valence-corrected chi connectivity index (χ1v) is 12.0. The van der Waals surface area contributed by atoms with Crippen molar-refractivity contribution >= 4 is 8.32 Å². The number of hydrogen-bond acceptors (Lipinski definition) is 3. The number of furan rings is 1. The Labute approximate surface area is 153 Å². The molecule has 0 aliphatic rings. The van der Waals surface area contributed by atoms with Crippen LogP contribution in [0, 0.1) is 6.92 Å². The van der Waals surface area contributed by atoms with Crippen molar-refractivity contribution < 1.29 is 8.84 Å². The number of hydrogen-bond donors (Lipinski definition) is 1. The van der Waals surface area contributed by atoms with Gasteiger partial charge in [0.05, 0.1) is 12.6 Å². The molecule has 0 saturated heterocycles. The Kier molecular flexibility index (Phi) is 6.30. The second-order valence-electron chi connectivity index (χ2n) is 8.42. The van der Waals surface area contributed by atoms with Crippen LogP contribution in [0.15, 0.2) is 40.8 Å². The molecule has 0 aliphatic heterocycles. The summed E-state index contributed by atoms with van der Waals surface area (Å²) in [6, 6.07) is 12.9. The molecule has 2 aromatic rings. The van der Waals surface area contributed by atoms with Crippen molar-refractivity contribution in [2.75, 3.05) is 0 Å². The second kappa shape index (κ2) is 7.90. The lowest BCUT2D eigenvalue weighted by Crippen LogP contribution is -2.40. The van der Waals surface area contributed by atoms with Gasteiger partial charge in [0.25, 0.3) is 0 Å². The highest BCUT2D eigenvalue weighted by molar-refractivity contribution is 6.74. The summed E-state index contributed by atoms with van der Waals surface area (Å²) in [5.74, 6) is 1.94. The van der Waals surface area contributed by atoms with Gasteiger partial charge in [-0.3, -0.25) is 0 Å². The lowest BCUT2D eigenvalue weighted by Gasteiger charge is -2.36. The first-order chi connectivity index (χ1) is 11.6. The van der Waals surface area contributed by atoms with Crippen molar-refractivity contribution in [3.05, 3.63) is 59.0 Å². The number of aryl methyl sites for hydroxylation is 1. The fraction of sp³-hybridized carbons (Fsp3) is 0.524. The molecule has 25 heavy (non-hydrogen) atoms. The molecule has 1 aromatic heterocycles. The van der Waals surface area contributed by atoms with Gasteiger partial charge in [0.1, 0.15) is 11.5 Å². The Morgan fingerprint density at radius 3 is 2.16 bits per heavy atom. The zero-order chi connectivity index (χ0) is 18.7. The summed E-state index contributed by atoms with van der Waals surface area (Å²) in [4.78, 5) is 0. The molecule has 1 aromatic carbocycles. The van der Waals surface area contributed by atoms with Crippen LogP contribution in [0.2, 0.25) is 18.1 Å². The predicted octanol–water partition coefficient (Wildman–Crippen LogP) is 5.96. The molecule has 0 fully saturated rings. The maximum Gasteiger partial charge on any atom is 0.192 e. The third kappa shape index (κ3) is 5.56. The average molecular weight is 360 g/mol. The van der Waals surface area contributed by atoms with E-state index < -0.39 is 8.32 Å². The first-order valence-electron chi connectivity index (χ1n) is 9.10. The summed E-state index contributed by atoms with van der Waals surface area (Å²) in [6.45, 7) is 17.0. The fourth-order valence-corrected chi connectivity index (χ4v) is 3.25. The van der Waals surface area contributed by atoms with Crippen molar-refractivity contribution in [2.24, 2.45) is 0 Å². The third-order valence-electron chi connectivity index (χ3n) is 5.23. The Balaban J connectivity index is 1.85. The lowest BCUT2D eigenvalue weighted by molar-refractivity contribution is 0.276. The molecule has 0 bridgehead atoms. The van der Waals surface area contributed by atoms with Crippen LogP contribution >= 0.6 is 0 Å². The Bertz CT molecular complexity index is 668. The van der Waals surface area contributed by atoms with Crippen molar-refractivity contribution in [2.45, 2.75) is 71.9 Å². The predicted molar refractivity (Wildman–Crippen MR) is 107 cm³/mol. The van der Waals surface area contributed by atoms with Gasteiger partial charge in [0, 0.05) is 6.54 Å². The van der Waals surface area contributed by atoms with Gasteiger partial charge in [-0.1, -0.05) is 45.0 Å². The van der Waals surface area contributed by atoms with E-state index in [1.165, 1.54) is 11.1 Å². The van der Waals surface area contributed by atoms with Gasteiger partial charge in [0.15, 0.2) is 8.32 Å². The van der Waals surface area contributed by atoms with E-state index in [-0.39, 0.29) is 11.1 Å². The zero-order valence-electron chi connectivity index (χ0n) is 16.8. The van der Waals surface area contributed by atoms with Crippen LogP contribution in [-0.2, 0) is 17.6 Å². The highest BCUT2D eigenvalue weighted by Crippen LogP contribution is 2.37. The van der Waals surface area contributed by atoms with Gasteiger partial charge >= 0.3 is 0 Å². The topological polar surface area (TPSA) is 34.4 Å². The number of benzene rings is 1. The Hall–Kier alpha value is -1.36. The lowest BCUT2D eigenvalue weighted by atomic mass is 10.1. The standard InChI is InChI=1S/C21H33NO2Si/c1-16-8-13-20(24-16)17(2)22-14-18-9-11-19(12-10-18)15-23-25(6,7)21(3,4)5/h8-13,17,22H,14-15H2,1-7H3/t17-/m1/s1. The van der Waals surface area contributed by atoms with E-state index in [0.29, 0.717) is 6.61 Å². The van der Waals surface area contributed by atoms with E-state index in [1.54, 1.807) is 0 Å². The summed E-state index contributed by atoms with van der Waals surface area (Å²) in [7, 11) is -1.69. The van der Waals surface area contributed by atoms with Crippen molar-refractivity contribution in [1.82, 2.24) is 5.32 Å². The van der Waals surface area contributed by atoms with Crippen LogP contribution in [0.5, 0.6) is 0 Å². The Morgan fingerprint density at radius 1 is 1.04 bits per heavy atom. The molecule has 1 atom stereocenters.